The number of nitrogens with zero attached hydrogens (tertiary/aromatic N) is 2. The summed E-state index contributed by atoms with van der Waals surface area (Å²) < 4.78 is 99.6. The molecule has 10 nitrogen and oxygen atoms in total. The Labute approximate surface area is 297 Å². The van der Waals surface area contributed by atoms with Gasteiger partial charge in [-0.1, -0.05) is 23.2 Å². The molecule has 6 aromatic rings. The maximum Gasteiger partial charge on any atom is 0.264 e. The van der Waals surface area contributed by atoms with Crippen molar-refractivity contribution in [3.8, 4) is 0 Å². The lowest BCUT2D eigenvalue weighted by Gasteiger charge is -2.07. The normalized spacial score (nSPS) is 11.0. The zero-order valence-electron chi connectivity index (χ0n) is 23.4. The van der Waals surface area contributed by atoms with E-state index < -0.39 is 48.3 Å². The summed E-state index contributed by atoms with van der Waals surface area (Å²) in [5.41, 5.74) is 5.26. The van der Waals surface area contributed by atoms with E-state index in [1.165, 1.54) is 24.5 Å². The molecule has 5 N–H and O–H groups in total. The summed E-state index contributed by atoms with van der Waals surface area (Å²) in [6.45, 7) is 0. The Balaban J connectivity index is 0.000000264. The van der Waals surface area contributed by atoms with Crippen molar-refractivity contribution in [2.24, 2.45) is 0 Å². The highest BCUT2D eigenvalue weighted by Gasteiger charge is 2.21. The Bertz CT molecular complexity index is 2260. The average molecular weight is 866 g/mol. The molecule has 6 rings (SSSR count). The predicted molar refractivity (Wildman–Crippen MR) is 170 cm³/mol. The molecule has 0 radical (unpaired) electrons. The summed E-state index contributed by atoms with van der Waals surface area (Å²) in [4.78, 5) is 11.6. The highest BCUT2D eigenvalue weighted by molar-refractivity contribution is 8.14. The largest absolute Gasteiger partial charge is 1.00 e. The van der Waals surface area contributed by atoms with Gasteiger partial charge in [-0.05, 0) is 36.4 Å². The number of nitrogens with one attached hydrogen (secondary N) is 3. The van der Waals surface area contributed by atoms with Crippen LogP contribution in [0.4, 0.5) is 28.9 Å². The van der Waals surface area contributed by atoms with Crippen LogP contribution in [0.2, 0.25) is 10.0 Å². The maximum atomic E-state index is 13.5. The van der Waals surface area contributed by atoms with Gasteiger partial charge in [0.25, 0.3) is 19.1 Å². The topological polar surface area (TPSA) is 164 Å². The first-order valence-corrected chi connectivity index (χ1v) is 16.5. The molecule has 0 aliphatic rings. The number of fused-ring (bicyclic) bond motifs is 2. The molecular formula is C27H20Cl3F4IN6O4S2-2. The summed E-state index contributed by atoms with van der Waals surface area (Å²) in [5, 5.41) is 1.90. The number of pyridine rings is 2. The van der Waals surface area contributed by atoms with Gasteiger partial charge in [-0.2, -0.15) is 8.78 Å². The van der Waals surface area contributed by atoms with Gasteiger partial charge in [-0.15, -0.1) is 0 Å². The van der Waals surface area contributed by atoms with Crippen molar-refractivity contribution in [1.82, 2.24) is 19.9 Å². The lowest BCUT2D eigenvalue weighted by atomic mass is 10.2. The Kier molecular flexibility index (Phi) is 13.7. The molecule has 0 atom stereocenters. The smallest absolute Gasteiger partial charge is 0.264 e. The first-order chi connectivity index (χ1) is 21.0. The van der Waals surface area contributed by atoms with E-state index in [4.69, 9.17) is 39.6 Å². The molecule has 0 fully saturated rings. The molecule has 0 bridgehead atoms. The summed E-state index contributed by atoms with van der Waals surface area (Å²) in [5.74, 6) is -3.44. The number of halogens is 8. The fourth-order valence-electron chi connectivity index (χ4n) is 3.70. The number of nitrogen functional groups attached to an aromatic ring is 1. The van der Waals surface area contributed by atoms with Gasteiger partial charge in [0, 0.05) is 67.1 Å². The van der Waals surface area contributed by atoms with Crippen molar-refractivity contribution in [3.05, 3.63) is 114 Å². The Morgan fingerprint density at radius 2 is 1.19 bits per heavy atom. The van der Waals surface area contributed by atoms with Crippen LogP contribution in [0.3, 0.4) is 0 Å². The molecule has 47 heavy (non-hydrogen) atoms. The van der Waals surface area contributed by atoms with E-state index in [1.807, 2.05) is 4.72 Å². The maximum absolute atomic E-state index is 13.5. The van der Waals surface area contributed by atoms with E-state index >= 15 is 0 Å². The van der Waals surface area contributed by atoms with E-state index in [0.717, 1.165) is 12.3 Å². The number of hydrogen-bond donors (Lipinski definition) is 4. The Morgan fingerprint density at radius 1 is 0.723 bits per heavy atom. The van der Waals surface area contributed by atoms with E-state index in [1.54, 1.807) is 24.3 Å². The van der Waals surface area contributed by atoms with Crippen LogP contribution >= 0.6 is 33.9 Å². The van der Waals surface area contributed by atoms with Crippen molar-refractivity contribution < 1.29 is 58.4 Å². The molecule has 0 amide bonds. The van der Waals surface area contributed by atoms with Gasteiger partial charge in [-0.3, -0.25) is 4.72 Å². The van der Waals surface area contributed by atoms with Gasteiger partial charge < -0.3 is 47.1 Å². The third kappa shape index (κ3) is 10.1. The van der Waals surface area contributed by atoms with Gasteiger partial charge in [0.15, 0.2) is 0 Å². The minimum Gasteiger partial charge on any atom is -1.00 e. The monoisotopic (exact) mass is 864 g/mol. The first kappa shape index (κ1) is 39.8. The van der Waals surface area contributed by atoms with Crippen molar-refractivity contribution in [3.63, 3.8) is 0 Å². The predicted octanol–water partition coefficient (Wildman–Crippen LogP) is 4.44. The standard InChI is InChI=1S/C13H8ClF2N3O2S.C8H5Cl2NO2S.C5H4F2N2.CH3.HI/c14-7-1-2-9-10(3-7)17-6-12(9)22(20,21)19-11-4-8(15)5-18-13(11)16;9-5-1-2-6-7(3-5)11-4-8(6)14(10,12)13;6-3-1-4(8)5(7)9-2-3;;/h1-6,17,19H;1-4,11H;1-2H,8H2;1H3;1H/q;;;-1;/p-1. The molecule has 4 aromatic heterocycles. The van der Waals surface area contributed by atoms with Crippen LogP contribution < -0.4 is 34.4 Å². The van der Waals surface area contributed by atoms with Crippen LogP contribution in [0, 0.1) is 31.0 Å². The molecule has 252 valence electrons. The van der Waals surface area contributed by atoms with Crippen molar-refractivity contribution in [2.45, 2.75) is 9.79 Å². The number of rotatable bonds is 4. The SMILES string of the molecule is Nc1cc(F)cnc1F.O=S(=O)(Cl)c1c[nH]c2cc(Cl)ccc12.O=S(=O)(Nc1cc(F)cnc1F)c1c[nH]c2cc(Cl)ccc12.[CH3-].[I-]. The summed E-state index contributed by atoms with van der Waals surface area (Å²) in [6, 6.07) is 11.1. The van der Waals surface area contributed by atoms with Crippen LogP contribution in [0.15, 0.2) is 83.1 Å². The van der Waals surface area contributed by atoms with Gasteiger partial charge >= 0.3 is 0 Å². The minimum absolute atomic E-state index is 0. The number of aromatic amines is 2. The number of sulfonamides is 1. The number of aromatic nitrogens is 4. The number of benzene rings is 2. The van der Waals surface area contributed by atoms with Gasteiger partial charge in [-0.25, -0.2) is 35.6 Å². The number of anilines is 2. The third-order valence-electron chi connectivity index (χ3n) is 5.65. The van der Waals surface area contributed by atoms with E-state index in [2.05, 4.69) is 19.9 Å². The molecule has 20 heteroatoms. The van der Waals surface area contributed by atoms with Crippen LogP contribution in [0.25, 0.3) is 21.8 Å². The molecule has 0 unspecified atom stereocenters. The van der Waals surface area contributed by atoms with E-state index in [0.29, 0.717) is 44.1 Å². The summed E-state index contributed by atoms with van der Waals surface area (Å²) in [6.07, 6.45) is 4.02. The van der Waals surface area contributed by atoms with Crippen molar-refractivity contribution in [2.75, 3.05) is 10.5 Å². The summed E-state index contributed by atoms with van der Waals surface area (Å²) in [7, 11) is -2.58. The quantitative estimate of drug-likeness (QED) is 0.0670. The number of hydrogen-bond acceptors (Lipinski definition) is 7. The first-order valence-electron chi connectivity index (χ1n) is 11.9. The second-order valence-electron chi connectivity index (χ2n) is 8.75. The van der Waals surface area contributed by atoms with Gasteiger partial charge in [0.1, 0.15) is 27.1 Å². The molecule has 0 spiro atoms. The van der Waals surface area contributed by atoms with Gasteiger partial charge in [0.2, 0.25) is 11.9 Å². The zero-order valence-corrected chi connectivity index (χ0v) is 29.4. The van der Waals surface area contributed by atoms with E-state index in [-0.39, 0.29) is 46.9 Å². The van der Waals surface area contributed by atoms with Crippen LogP contribution in [-0.2, 0) is 19.1 Å². The fraction of sp³-hybridized carbons (Fsp3) is 0. The van der Waals surface area contributed by atoms with Crippen molar-refractivity contribution >= 4 is 86.1 Å². The van der Waals surface area contributed by atoms with Crippen LogP contribution in [0.1, 0.15) is 0 Å². The number of H-pyrrole nitrogens is 2. The van der Waals surface area contributed by atoms with Gasteiger partial charge in [0.05, 0.1) is 18.1 Å². The molecule has 2 aromatic carbocycles. The van der Waals surface area contributed by atoms with Crippen LogP contribution in [0.5, 0.6) is 0 Å². The second-order valence-corrected chi connectivity index (χ2v) is 13.8. The lowest BCUT2D eigenvalue weighted by molar-refractivity contribution is -0.0000163. The highest BCUT2D eigenvalue weighted by Crippen LogP contribution is 2.28. The molecule has 4 heterocycles. The lowest BCUT2D eigenvalue weighted by Crippen LogP contribution is -3.00. The molecule has 0 aliphatic carbocycles. The highest BCUT2D eigenvalue weighted by atomic mass is 127. The third-order valence-corrected chi connectivity index (χ3v) is 8.88. The Morgan fingerprint density at radius 3 is 1.68 bits per heavy atom. The van der Waals surface area contributed by atoms with Crippen molar-refractivity contribution in [1.29, 1.82) is 0 Å². The van der Waals surface area contributed by atoms with Crippen LogP contribution in [-0.4, -0.2) is 36.8 Å². The molecular weight excluding hydrogens is 846 g/mol. The fourth-order valence-corrected chi connectivity index (χ4v) is 6.29. The van der Waals surface area contributed by atoms with E-state index in [9.17, 15) is 34.4 Å². The Hall–Kier alpha value is -3.36. The summed E-state index contributed by atoms with van der Waals surface area (Å²) >= 11 is 11.6. The minimum atomic E-state index is -4.12. The second kappa shape index (κ2) is 16.2. The number of nitrogens with two attached hydrogens (primary N) is 1. The molecule has 0 saturated heterocycles. The average Bonchev–Trinajstić information content (AvgIpc) is 3.58. The zero-order chi connectivity index (χ0) is 33.1. The molecule has 0 aliphatic heterocycles. The molecule has 0 saturated carbocycles.